The Bertz CT molecular complexity index is 899. The number of nitrogens with zero attached hydrogens (tertiary/aromatic N) is 6. The van der Waals surface area contributed by atoms with Crippen LogP contribution in [0.25, 0.3) is 4.96 Å². The molecule has 1 aromatic carbocycles. The van der Waals surface area contributed by atoms with Gasteiger partial charge in [0.15, 0.2) is 5.82 Å². The van der Waals surface area contributed by atoms with Crippen LogP contribution in [0.1, 0.15) is 30.2 Å². The minimum Gasteiger partial charge on any atom is -0.369 e. The molecular weight excluding hydrogens is 360 g/mol. The summed E-state index contributed by atoms with van der Waals surface area (Å²) in [6.07, 6.45) is 1.04. The van der Waals surface area contributed by atoms with Crippen molar-refractivity contribution in [1.82, 2.24) is 35.6 Å². The van der Waals surface area contributed by atoms with E-state index in [-0.39, 0.29) is 6.04 Å². The Balaban J connectivity index is 1.25. The summed E-state index contributed by atoms with van der Waals surface area (Å²) in [5.41, 5.74) is 7.88. The van der Waals surface area contributed by atoms with Gasteiger partial charge in [-0.2, -0.15) is 9.61 Å². The predicted octanol–water partition coefficient (Wildman–Crippen LogP) is 1.44. The third kappa shape index (κ3) is 3.43. The van der Waals surface area contributed by atoms with E-state index < -0.39 is 0 Å². The smallest absolute Gasteiger partial charge is 0.234 e. The number of hydrogen-bond donors (Lipinski definition) is 2. The number of fused-ring (bicyclic) bond motifs is 1. The maximum Gasteiger partial charge on any atom is 0.234 e. The number of nitrogens with one attached hydrogen (secondary N) is 2. The molecule has 2 aliphatic rings. The summed E-state index contributed by atoms with van der Waals surface area (Å²) in [5, 5.41) is 14.6. The lowest BCUT2D eigenvalue weighted by Crippen LogP contribution is -2.46. The van der Waals surface area contributed by atoms with Crippen molar-refractivity contribution in [2.45, 2.75) is 32.0 Å². The van der Waals surface area contributed by atoms with Crippen LogP contribution in [0.15, 0.2) is 30.3 Å². The highest BCUT2D eigenvalue weighted by molar-refractivity contribution is 7.16. The molecule has 0 saturated carbocycles. The maximum atomic E-state index is 4.79. The molecule has 2 aromatic heterocycles. The van der Waals surface area contributed by atoms with Crippen LogP contribution in [0.5, 0.6) is 0 Å². The van der Waals surface area contributed by atoms with E-state index in [0.29, 0.717) is 6.04 Å². The van der Waals surface area contributed by atoms with Crippen molar-refractivity contribution in [3.63, 3.8) is 0 Å². The minimum atomic E-state index is 0.258. The van der Waals surface area contributed by atoms with Crippen LogP contribution < -0.4 is 15.8 Å². The lowest BCUT2D eigenvalue weighted by Gasteiger charge is -2.35. The molecule has 2 atom stereocenters. The SMILES string of the molecule is CC1CC(c2nn3c(CN4CCN(c5ccccc5)CC4)nnc3s2)NN1. The molecule has 2 saturated heterocycles. The first-order valence-electron chi connectivity index (χ1n) is 9.51. The topological polar surface area (TPSA) is 73.6 Å². The second-order valence-corrected chi connectivity index (χ2v) is 8.32. The zero-order valence-electron chi connectivity index (χ0n) is 15.4. The monoisotopic (exact) mass is 384 g/mol. The quantitative estimate of drug-likeness (QED) is 0.705. The minimum absolute atomic E-state index is 0.258. The fraction of sp³-hybridized carbons (Fsp3) is 0.500. The third-order valence-corrected chi connectivity index (χ3v) is 6.33. The molecule has 0 radical (unpaired) electrons. The molecule has 0 amide bonds. The Kier molecular flexibility index (Phi) is 4.52. The highest BCUT2D eigenvalue weighted by atomic mass is 32.1. The third-order valence-electron chi connectivity index (χ3n) is 5.32. The van der Waals surface area contributed by atoms with E-state index in [1.165, 1.54) is 5.69 Å². The van der Waals surface area contributed by atoms with Gasteiger partial charge in [0.05, 0.1) is 12.6 Å². The van der Waals surface area contributed by atoms with Gasteiger partial charge in [0.25, 0.3) is 0 Å². The molecule has 27 heavy (non-hydrogen) atoms. The van der Waals surface area contributed by atoms with Gasteiger partial charge in [-0.05, 0) is 25.5 Å². The summed E-state index contributed by atoms with van der Waals surface area (Å²) in [7, 11) is 0. The lowest BCUT2D eigenvalue weighted by molar-refractivity contribution is 0.242. The van der Waals surface area contributed by atoms with Gasteiger partial charge in [-0.15, -0.1) is 10.2 Å². The Morgan fingerprint density at radius 2 is 1.89 bits per heavy atom. The van der Waals surface area contributed by atoms with Crippen molar-refractivity contribution in [3.05, 3.63) is 41.2 Å². The molecule has 4 heterocycles. The number of piperazine rings is 1. The number of benzene rings is 1. The van der Waals surface area contributed by atoms with Crippen LogP contribution in [-0.2, 0) is 6.54 Å². The van der Waals surface area contributed by atoms with Crippen LogP contribution in [0, 0.1) is 0 Å². The number of aromatic nitrogens is 4. The molecule has 0 spiro atoms. The van der Waals surface area contributed by atoms with E-state index in [4.69, 9.17) is 5.10 Å². The molecule has 9 heteroatoms. The first-order valence-corrected chi connectivity index (χ1v) is 10.3. The van der Waals surface area contributed by atoms with E-state index in [1.807, 2.05) is 4.52 Å². The average molecular weight is 385 g/mol. The fourth-order valence-corrected chi connectivity index (χ4v) is 4.71. The van der Waals surface area contributed by atoms with E-state index in [1.54, 1.807) is 11.3 Å². The molecule has 0 aliphatic carbocycles. The van der Waals surface area contributed by atoms with Gasteiger partial charge in [0.2, 0.25) is 4.96 Å². The van der Waals surface area contributed by atoms with Crippen molar-refractivity contribution < 1.29 is 0 Å². The number of rotatable bonds is 4. The van der Waals surface area contributed by atoms with E-state index in [9.17, 15) is 0 Å². The second-order valence-electron chi connectivity index (χ2n) is 7.33. The van der Waals surface area contributed by atoms with Gasteiger partial charge >= 0.3 is 0 Å². The van der Waals surface area contributed by atoms with Gasteiger partial charge in [-0.3, -0.25) is 10.3 Å². The summed E-state index contributed by atoms with van der Waals surface area (Å²) < 4.78 is 1.92. The van der Waals surface area contributed by atoms with Gasteiger partial charge in [0, 0.05) is 37.9 Å². The molecule has 142 valence electrons. The van der Waals surface area contributed by atoms with Crippen LogP contribution in [0.2, 0.25) is 0 Å². The zero-order valence-corrected chi connectivity index (χ0v) is 16.2. The molecular formula is C18H24N8S. The molecule has 2 fully saturated rings. The summed E-state index contributed by atoms with van der Waals surface area (Å²) >= 11 is 1.63. The molecule has 2 aliphatic heterocycles. The largest absolute Gasteiger partial charge is 0.369 e. The highest BCUT2D eigenvalue weighted by Gasteiger charge is 2.26. The van der Waals surface area contributed by atoms with Crippen molar-refractivity contribution in [2.75, 3.05) is 31.1 Å². The fourth-order valence-electron chi connectivity index (χ4n) is 3.79. The van der Waals surface area contributed by atoms with E-state index in [0.717, 1.165) is 54.9 Å². The summed E-state index contributed by atoms with van der Waals surface area (Å²) in [4.78, 5) is 5.76. The standard InChI is InChI=1S/C18H24N8S/c1-13-11-15(20-19-13)17-23-26-16(21-22-18(26)27-17)12-24-7-9-25(10-8-24)14-5-3-2-4-6-14/h2-6,13,15,19-20H,7-12H2,1H3. The first kappa shape index (κ1) is 17.1. The van der Waals surface area contributed by atoms with Crippen LogP contribution >= 0.6 is 11.3 Å². The zero-order chi connectivity index (χ0) is 18.2. The summed E-state index contributed by atoms with van der Waals surface area (Å²) in [6, 6.07) is 11.4. The predicted molar refractivity (Wildman–Crippen MR) is 106 cm³/mol. The summed E-state index contributed by atoms with van der Waals surface area (Å²) in [6.45, 7) is 7.07. The van der Waals surface area contributed by atoms with Gasteiger partial charge in [-0.25, -0.2) is 5.43 Å². The van der Waals surface area contributed by atoms with Crippen LogP contribution in [0.4, 0.5) is 5.69 Å². The van der Waals surface area contributed by atoms with Crippen molar-refractivity contribution in [2.24, 2.45) is 0 Å². The summed E-state index contributed by atoms with van der Waals surface area (Å²) in [5.74, 6) is 0.930. The number of para-hydroxylation sites is 1. The molecule has 8 nitrogen and oxygen atoms in total. The maximum absolute atomic E-state index is 4.79. The first-order chi connectivity index (χ1) is 13.3. The molecule has 3 aromatic rings. The van der Waals surface area contributed by atoms with Crippen LogP contribution in [0.3, 0.4) is 0 Å². The number of anilines is 1. The van der Waals surface area contributed by atoms with Crippen molar-refractivity contribution >= 4 is 22.0 Å². The second kappa shape index (κ2) is 7.16. The Labute approximate surface area is 162 Å². The van der Waals surface area contributed by atoms with E-state index in [2.05, 4.69) is 68.1 Å². The van der Waals surface area contributed by atoms with Crippen LogP contribution in [-0.4, -0.2) is 56.9 Å². The molecule has 5 rings (SSSR count). The van der Waals surface area contributed by atoms with Gasteiger partial charge < -0.3 is 4.90 Å². The Hall–Kier alpha value is -2.07. The normalized spacial score (nSPS) is 24.1. The Morgan fingerprint density at radius 1 is 1.07 bits per heavy atom. The number of hydrogen-bond acceptors (Lipinski definition) is 8. The molecule has 2 unspecified atom stereocenters. The van der Waals surface area contributed by atoms with Crippen molar-refractivity contribution in [1.29, 1.82) is 0 Å². The lowest BCUT2D eigenvalue weighted by atomic mass is 10.2. The number of hydrazine groups is 1. The average Bonchev–Trinajstić information content (AvgIpc) is 3.40. The van der Waals surface area contributed by atoms with Gasteiger partial charge in [-0.1, -0.05) is 29.5 Å². The molecule has 2 N–H and O–H groups in total. The molecule has 0 bridgehead atoms. The Morgan fingerprint density at radius 3 is 2.63 bits per heavy atom. The van der Waals surface area contributed by atoms with E-state index >= 15 is 0 Å². The van der Waals surface area contributed by atoms with Crippen molar-refractivity contribution in [3.8, 4) is 0 Å². The highest BCUT2D eigenvalue weighted by Crippen LogP contribution is 2.26. The van der Waals surface area contributed by atoms with Gasteiger partial charge in [0.1, 0.15) is 5.01 Å².